The molecular formula is C18H34O4. The van der Waals surface area contributed by atoms with E-state index in [1.165, 1.54) is 31.8 Å². The highest BCUT2D eigenvalue weighted by atomic mass is 16.5. The third kappa shape index (κ3) is 12.8. The lowest BCUT2D eigenvalue weighted by Crippen LogP contribution is -2.21. The maximum atomic E-state index is 11.5. The molecule has 0 bridgehead atoms. The van der Waals surface area contributed by atoms with Gasteiger partial charge in [-0.05, 0) is 31.6 Å². The largest absolute Gasteiger partial charge is 0.460 e. The minimum Gasteiger partial charge on any atom is -0.460 e. The van der Waals surface area contributed by atoms with Crippen LogP contribution in [0.1, 0.15) is 66.2 Å². The van der Waals surface area contributed by atoms with E-state index >= 15 is 0 Å². The van der Waals surface area contributed by atoms with Crippen LogP contribution in [0.25, 0.3) is 0 Å². The van der Waals surface area contributed by atoms with Crippen LogP contribution in [0.4, 0.5) is 0 Å². The van der Waals surface area contributed by atoms with Crippen LogP contribution in [0.5, 0.6) is 0 Å². The van der Waals surface area contributed by atoms with Crippen molar-refractivity contribution in [2.24, 2.45) is 11.8 Å². The van der Waals surface area contributed by atoms with E-state index in [1.54, 1.807) is 0 Å². The molecule has 0 fully saturated rings. The highest BCUT2D eigenvalue weighted by Gasteiger charge is 2.07. The maximum Gasteiger partial charge on any atom is 0.330 e. The number of carbonyl (C=O) groups is 1. The molecule has 0 radical (unpaired) electrons. The Balaban J connectivity index is 3.80. The van der Waals surface area contributed by atoms with Crippen LogP contribution in [0.15, 0.2) is 11.6 Å². The molecule has 22 heavy (non-hydrogen) atoms. The average molecular weight is 314 g/mol. The fourth-order valence-electron chi connectivity index (χ4n) is 2.29. The number of rotatable bonds is 12. The van der Waals surface area contributed by atoms with E-state index in [2.05, 4.69) is 20.8 Å². The van der Waals surface area contributed by atoms with Crippen molar-refractivity contribution in [1.82, 2.24) is 0 Å². The van der Waals surface area contributed by atoms with Crippen molar-refractivity contribution in [2.45, 2.75) is 72.3 Å². The summed E-state index contributed by atoms with van der Waals surface area (Å²) in [6, 6.07) is 0. The summed E-state index contributed by atoms with van der Waals surface area (Å²) in [5, 5.41) is 17.7. The van der Waals surface area contributed by atoms with Crippen molar-refractivity contribution >= 4 is 5.97 Å². The van der Waals surface area contributed by atoms with Crippen molar-refractivity contribution in [2.75, 3.05) is 13.2 Å². The predicted molar refractivity (Wildman–Crippen MR) is 89.5 cm³/mol. The molecule has 0 saturated carbocycles. The van der Waals surface area contributed by atoms with Gasteiger partial charge < -0.3 is 14.9 Å². The summed E-state index contributed by atoms with van der Waals surface area (Å²) in [4.78, 5) is 11.5. The van der Waals surface area contributed by atoms with E-state index in [0.717, 1.165) is 30.3 Å². The molecule has 2 N–H and O–H groups in total. The van der Waals surface area contributed by atoms with Gasteiger partial charge in [0.2, 0.25) is 0 Å². The Kier molecular flexibility index (Phi) is 12.2. The van der Waals surface area contributed by atoms with Crippen LogP contribution < -0.4 is 0 Å². The van der Waals surface area contributed by atoms with E-state index in [9.17, 15) is 4.79 Å². The molecule has 0 aliphatic carbocycles. The van der Waals surface area contributed by atoms with Gasteiger partial charge in [0.15, 0.2) is 0 Å². The van der Waals surface area contributed by atoms with Crippen LogP contribution in [0.2, 0.25) is 0 Å². The number of carbonyl (C=O) groups excluding carboxylic acids is 1. The molecule has 4 heteroatoms. The molecule has 0 aliphatic rings. The lowest BCUT2D eigenvalue weighted by Gasteiger charge is -2.12. The van der Waals surface area contributed by atoms with E-state index in [0.29, 0.717) is 0 Å². The Bertz CT molecular complexity index is 323. The number of esters is 1. The molecule has 0 aliphatic heterocycles. The Morgan fingerprint density at radius 2 is 1.77 bits per heavy atom. The van der Waals surface area contributed by atoms with Crippen molar-refractivity contribution in [1.29, 1.82) is 0 Å². The monoisotopic (exact) mass is 314 g/mol. The van der Waals surface area contributed by atoms with Gasteiger partial charge in [-0.15, -0.1) is 0 Å². The summed E-state index contributed by atoms with van der Waals surface area (Å²) >= 11 is 0. The standard InChI is InChI=1S/C18H34O4/c1-14(2)7-5-8-15(3)9-6-10-16(4)11-18(21)22-13-17(20)12-19/h11,14-15,17,19-20H,5-10,12-13H2,1-4H3/b16-11+. The van der Waals surface area contributed by atoms with Gasteiger partial charge in [0, 0.05) is 6.08 Å². The molecule has 2 unspecified atom stereocenters. The third-order valence-electron chi connectivity index (χ3n) is 3.74. The topological polar surface area (TPSA) is 66.8 Å². The lowest BCUT2D eigenvalue weighted by molar-refractivity contribution is -0.141. The zero-order valence-corrected chi connectivity index (χ0v) is 14.7. The third-order valence-corrected chi connectivity index (χ3v) is 3.74. The molecule has 0 rings (SSSR count). The van der Waals surface area contributed by atoms with Crippen LogP contribution in [0.3, 0.4) is 0 Å². The van der Waals surface area contributed by atoms with E-state index < -0.39 is 18.7 Å². The Morgan fingerprint density at radius 3 is 2.36 bits per heavy atom. The molecule has 2 atom stereocenters. The van der Waals surface area contributed by atoms with Gasteiger partial charge in [0.05, 0.1) is 6.61 Å². The molecular weight excluding hydrogens is 280 g/mol. The summed E-state index contributed by atoms with van der Waals surface area (Å²) in [5.74, 6) is 1.07. The van der Waals surface area contributed by atoms with Gasteiger partial charge in [-0.1, -0.05) is 52.0 Å². The number of aliphatic hydroxyl groups excluding tert-OH is 2. The van der Waals surface area contributed by atoms with Gasteiger partial charge in [-0.25, -0.2) is 4.79 Å². The molecule has 0 aromatic carbocycles. The number of ether oxygens (including phenoxy) is 1. The first-order valence-corrected chi connectivity index (χ1v) is 8.48. The summed E-state index contributed by atoms with van der Waals surface area (Å²) in [7, 11) is 0. The van der Waals surface area contributed by atoms with Gasteiger partial charge in [0.25, 0.3) is 0 Å². The normalized spacial score (nSPS) is 15.0. The van der Waals surface area contributed by atoms with E-state index in [1.807, 2.05) is 6.92 Å². The first-order chi connectivity index (χ1) is 10.3. The summed E-state index contributed by atoms with van der Waals surface area (Å²) in [5.41, 5.74) is 0.998. The van der Waals surface area contributed by atoms with E-state index in [4.69, 9.17) is 14.9 Å². The van der Waals surface area contributed by atoms with Gasteiger partial charge >= 0.3 is 5.97 Å². The van der Waals surface area contributed by atoms with Crippen LogP contribution >= 0.6 is 0 Å². The summed E-state index contributed by atoms with van der Waals surface area (Å²) in [6.45, 7) is 8.18. The van der Waals surface area contributed by atoms with E-state index in [-0.39, 0.29) is 6.61 Å². The quantitative estimate of drug-likeness (QED) is 0.427. The van der Waals surface area contributed by atoms with Crippen molar-refractivity contribution in [3.8, 4) is 0 Å². The SMILES string of the molecule is C/C(=C\C(=O)OCC(O)CO)CCCC(C)CCCC(C)C. The van der Waals surface area contributed by atoms with Crippen LogP contribution in [-0.4, -0.2) is 35.5 Å². The molecule has 130 valence electrons. The zero-order valence-electron chi connectivity index (χ0n) is 14.7. The smallest absolute Gasteiger partial charge is 0.330 e. The highest BCUT2D eigenvalue weighted by Crippen LogP contribution is 2.19. The molecule has 0 saturated heterocycles. The number of allylic oxidation sites excluding steroid dienone is 1. The van der Waals surface area contributed by atoms with Crippen LogP contribution in [-0.2, 0) is 9.53 Å². The first-order valence-electron chi connectivity index (χ1n) is 8.48. The Morgan fingerprint density at radius 1 is 1.14 bits per heavy atom. The predicted octanol–water partition coefficient (Wildman–Crippen LogP) is 3.46. The van der Waals surface area contributed by atoms with Gasteiger partial charge in [-0.3, -0.25) is 0 Å². The summed E-state index contributed by atoms with van der Waals surface area (Å²) < 4.78 is 4.84. The Hall–Kier alpha value is -0.870. The highest BCUT2D eigenvalue weighted by molar-refractivity contribution is 5.82. The fourth-order valence-corrected chi connectivity index (χ4v) is 2.29. The second-order valence-electron chi connectivity index (χ2n) is 6.78. The maximum absolute atomic E-state index is 11.5. The molecule has 0 aromatic rings. The molecule has 0 amide bonds. The molecule has 4 nitrogen and oxygen atoms in total. The number of hydrogen-bond donors (Lipinski definition) is 2. The number of hydrogen-bond acceptors (Lipinski definition) is 4. The summed E-state index contributed by atoms with van der Waals surface area (Å²) in [6.07, 6.45) is 7.52. The first kappa shape index (κ1) is 21.1. The second-order valence-corrected chi connectivity index (χ2v) is 6.78. The van der Waals surface area contributed by atoms with Crippen LogP contribution in [0, 0.1) is 11.8 Å². The molecule has 0 spiro atoms. The van der Waals surface area contributed by atoms with Gasteiger partial charge in [-0.2, -0.15) is 0 Å². The Labute approximate surface area is 135 Å². The lowest BCUT2D eigenvalue weighted by atomic mass is 9.94. The van der Waals surface area contributed by atoms with Crippen molar-refractivity contribution in [3.05, 3.63) is 11.6 Å². The molecule has 0 aromatic heterocycles. The minimum atomic E-state index is -0.996. The number of aliphatic hydroxyl groups is 2. The second kappa shape index (κ2) is 12.7. The average Bonchev–Trinajstić information content (AvgIpc) is 2.44. The zero-order chi connectivity index (χ0) is 17.0. The van der Waals surface area contributed by atoms with Gasteiger partial charge in [0.1, 0.15) is 12.7 Å². The minimum absolute atomic E-state index is 0.161. The van der Waals surface area contributed by atoms with Crippen molar-refractivity contribution < 1.29 is 19.7 Å². The molecule has 0 heterocycles. The fraction of sp³-hybridized carbons (Fsp3) is 0.833. The van der Waals surface area contributed by atoms with Crippen molar-refractivity contribution in [3.63, 3.8) is 0 Å².